The van der Waals surface area contributed by atoms with Crippen LogP contribution in [0.5, 0.6) is 11.6 Å². The second kappa shape index (κ2) is 4.92. The highest BCUT2D eigenvalue weighted by Gasteiger charge is 2.45. The number of urea groups is 1. The van der Waals surface area contributed by atoms with Crippen LogP contribution in [0.4, 0.5) is 4.79 Å². The highest BCUT2D eigenvalue weighted by molar-refractivity contribution is 6.07. The van der Waals surface area contributed by atoms with E-state index in [0.717, 1.165) is 5.39 Å². The standard InChI is InChI=1S/C14H16N4O4/c1-22-9-2-3-10-8(4-9)5-18(11(10)19)7-14(6-15)12(20)16-13(21)17-14/h2-5,19H,6-7,15H2,1H3,(H2,16,17,20,21). The average Bonchev–Trinajstić information content (AvgIpc) is 2.96. The minimum absolute atomic E-state index is 0.000531. The SMILES string of the molecule is COc1ccc2c(O)n(CC3(CN)NC(=O)NC3=O)cc2c1. The van der Waals surface area contributed by atoms with Crippen LogP contribution in [-0.2, 0) is 11.3 Å². The van der Waals surface area contributed by atoms with Crippen LogP contribution in [0.2, 0.25) is 0 Å². The molecule has 1 fully saturated rings. The fraction of sp³-hybridized carbons (Fsp3) is 0.286. The Morgan fingerprint density at radius 1 is 1.41 bits per heavy atom. The second-order valence-electron chi connectivity index (χ2n) is 5.23. The molecule has 1 unspecified atom stereocenters. The first kappa shape index (κ1) is 14.2. The molecule has 5 N–H and O–H groups in total. The van der Waals surface area contributed by atoms with Crippen LogP contribution in [0, 0.1) is 0 Å². The number of imide groups is 1. The Morgan fingerprint density at radius 2 is 2.18 bits per heavy atom. The summed E-state index contributed by atoms with van der Waals surface area (Å²) in [5.74, 6) is 0.152. The van der Waals surface area contributed by atoms with Gasteiger partial charge >= 0.3 is 6.03 Å². The van der Waals surface area contributed by atoms with Crippen LogP contribution >= 0.6 is 0 Å². The molecule has 1 saturated heterocycles. The Bertz CT molecular complexity index is 770. The van der Waals surface area contributed by atoms with E-state index in [4.69, 9.17) is 10.5 Å². The van der Waals surface area contributed by atoms with E-state index in [1.54, 1.807) is 31.5 Å². The van der Waals surface area contributed by atoms with Gasteiger partial charge in [-0.2, -0.15) is 0 Å². The average molecular weight is 304 g/mol. The largest absolute Gasteiger partial charge is 0.497 e. The van der Waals surface area contributed by atoms with Crippen molar-refractivity contribution in [1.29, 1.82) is 0 Å². The Morgan fingerprint density at radius 3 is 2.77 bits per heavy atom. The van der Waals surface area contributed by atoms with E-state index in [1.807, 2.05) is 0 Å². The van der Waals surface area contributed by atoms with E-state index in [-0.39, 0.29) is 19.0 Å². The first-order chi connectivity index (χ1) is 10.5. The van der Waals surface area contributed by atoms with Crippen molar-refractivity contribution in [3.05, 3.63) is 24.4 Å². The Labute approximate surface area is 125 Å². The zero-order valence-electron chi connectivity index (χ0n) is 11.9. The van der Waals surface area contributed by atoms with Gasteiger partial charge in [0.25, 0.3) is 5.91 Å². The van der Waals surface area contributed by atoms with Gasteiger partial charge in [-0.1, -0.05) is 0 Å². The summed E-state index contributed by atoms with van der Waals surface area (Å²) < 4.78 is 6.63. The lowest BCUT2D eigenvalue weighted by Gasteiger charge is -2.24. The monoisotopic (exact) mass is 304 g/mol. The molecule has 0 bridgehead atoms. The summed E-state index contributed by atoms with van der Waals surface area (Å²) in [7, 11) is 1.56. The molecular weight excluding hydrogens is 288 g/mol. The molecule has 0 saturated carbocycles. The number of carbonyl (C=O) groups is 2. The van der Waals surface area contributed by atoms with Crippen LogP contribution in [0.25, 0.3) is 10.8 Å². The van der Waals surface area contributed by atoms with E-state index >= 15 is 0 Å². The molecule has 2 aromatic rings. The van der Waals surface area contributed by atoms with E-state index < -0.39 is 17.5 Å². The minimum Gasteiger partial charge on any atom is -0.497 e. The molecule has 1 aliphatic heterocycles. The summed E-state index contributed by atoms with van der Waals surface area (Å²) in [5.41, 5.74) is 4.40. The number of aromatic hydroxyl groups is 1. The van der Waals surface area contributed by atoms with Gasteiger partial charge in [0.15, 0.2) is 11.4 Å². The van der Waals surface area contributed by atoms with Gasteiger partial charge in [-0.25, -0.2) is 4.79 Å². The number of fused-ring (bicyclic) bond motifs is 1. The molecule has 0 radical (unpaired) electrons. The maximum atomic E-state index is 12.0. The Kier molecular flexibility index (Phi) is 3.18. The van der Waals surface area contributed by atoms with Crippen molar-refractivity contribution in [3.63, 3.8) is 0 Å². The predicted octanol–water partition coefficient (Wildman–Crippen LogP) is -0.108. The molecule has 22 heavy (non-hydrogen) atoms. The number of rotatable bonds is 4. The fourth-order valence-corrected chi connectivity index (χ4v) is 2.62. The lowest BCUT2D eigenvalue weighted by molar-refractivity contribution is -0.124. The molecule has 116 valence electrons. The molecule has 1 atom stereocenters. The number of aromatic nitrogens is 1. The summed E-state index contributed by atoms with van der Waals surface area (Å²) in [4.78, 5) is 23.4. The molecule has 3 amide bonds. The molecule has 8 nitrogen and oxygen atoms in total. The topological polar surface area (TPSA) is 119 Å². The van der Waals surface area contributed by atoms with Crippen molar-refractivity contribution < 1.29 is 19.4 Å². The summed E-state index contributed by atoms with van der Waals surface area (Å²) in [6.07, 6.45) is 1.68. The summed E-state index contributed by atoms with van der Waals surface area (Å²) in [6, 6.07) is 4.64. The van der Waals surface area contributed by atoms with Crippen molar-refractivity contribution in [2.75, 3.05) is 13.7 Å². The van der Waals surface area contributed by atoms with Gasteiger partial charge in [-0.05, 0) is 18.2 Å². The summed E-state index contributed by atoms with van der Waals surface area (Å²) in [5, 5.41) is 16.4. The number of carbonyl (C=O) groups excluding carboxylic acids is 2. The van der Waals surface area contributed by atoms with Crippen LogP contribution in [0.15, 0.2) is 24.4 Å². The van der Waals surface area contributed by atoms with Gasteiger partial charge in [0.05, 0.1) is 13.7 Å². The maximum Gasteiger partial charge on any atom is 0.322 e. The molecule has 0 spiro atoms. The Hall–Kier alpha value is -2.74. The third kappa shape index (κ3) is 2.04. The molecule has 1 aromatic heterocycles. The third-order valence-corrected chi connectivity index (χ3v) is 3.87. The zero-order chi connectivity index (χ0) is 15.9. The normalized spacial score (nSPS) is 21.0. The number of benzene rings is 1. The highest BCUT2D eigenvalue weighted by atomic mass is 16.5. The van der Waals surface area contributed by atoms with E-state index in [1.165, 1.54) is 4.57 Å². The number of ether oxygens (including phenoxy) is 1. The number of methoxy groups -OCH3 is 1. The third-order valence-electron chi connectivity index (χ3n) is 3.87. The van der Waals surface area contributed by atoms with E-state index in [2.05, 4.69) is 10.6 Å². The van der Waals surface area contributed by atoms with Gasteiger partial charge in [-0.3, -0.25) is 10.1 Å². The van der Waals surface area contributed by atoms with Gasteiger partial charge in [0.2, 0.25) is 0 Å². The smallest absolute Gasteiger partial charge is 0.322 e. The molecule has 1 aromatic carbocycles. The quantitative estimate of drug-likeness (QED) is 0.588. The van der Waals surface area contributed by atoms with Crippen molar-refractivity contribution in [2.24, 2.45) is 5.73 Å². The summed E-state index contributed by atoms with van der Waals surface area (Å²) >= 11 is 0. The Balaban J connectivity index is 2.01. The lowest BCUT2D eigenvalue weighted by atomic mass is 10.0. The first-order valence-electron chi connectivity index (χ1n) is 6.68. The van der Waals surface area contributed by atoms with Crippen molar-refractivity contribution in [3.8, 4) is 11.6 Å². The number of amides is 3. The first-order valence-corrected chi connectivity index (χ1v) is 6.68. The van der Waals surface area contributed by atoms with Crippen LogP contribution in [0.1, 0.15) is 0 Å². The second-order valence-corrected chi connectivity index (χ2v) is 5.23. The zero-order valence-corrected chi connectivity index (χ0v) is 11.9. The summed E-state index contributed by atoms with van der Waals surface area (Å²) in [6.45, 7) is -0.0498. The van der Waals surface area contributed by atoms with E-state index in [0.29, 0.717) is 11.1 Å². The lowest BCUT2D eigenvalue weighted by Crippen LogP contribution is -2.55. The van der Waals surface area contributed by atoms with Crippen LogP contribution in [-0.4, -0.2) is 40.8 Å². The maximum absolute atomic E-state index is 12.0. The molecular formula is C14H16N4O4. The number of hydrogen-bond donors (Lipinski definition) is 4. The number of nitrogens with zero attached hydrogens (tertiary/aromatic N) is 1. The molecule has 2 heterocycles. The number of nitrogens with two attached hydrogens (primary N) is 1. The fourth-order valence-electron chi connectivity index (χ4n) is 2.62. The number of nitrogens with one attached hydrogen (secondary N) is 2. The molecule has 3 rings (SSSR count). The predicted molar refractivity (Wildman–Crippen MR) is 78.6 cm³/mol. The molecule has 1 aliphatic rings. The van der Waals surface area contributed by atoms with Gasteiger partial charge in [0, 0.05) is 23.5 Å². The van der Waals surface area contributed by atoms with Gasteiger partial charge in [-0.15, -0.1) is 0 Å². The van der Waals surface area contributed by atoms with Crippen molar-refractivity contribution >= 4 is 22.7 Å². The van der Waals surface area contributed by atoms with Crippen molar-refractivity contribution in [2.45, 2.75) is 12.1 Å². The van der Waals surface area contributed by atoms with Crippen LogP contribution < -0.4 is 21.1 Å². The van der Waals surface area contributed by atoms with E-state index in [9.17, 15) is 14.7 Å². The number of hydrogen-bond acceptors (Lipinski definition) is 5. The highest BCUT2D eigenvalue weighted by Crippen LogP contribution is 2.31. The molecule has 0 aliphatic carbocycles. The van der Waals surface area contributed by atoms with Gasteiger partial charge in [0.1, 0.15) is 5.75 Å². The van der Waals surface area contributed by atoms with Crippen molar-refractivity contribution in [1.82, 2.24) is 15.2 Å². The molecule has 8 heteroatoms. The minimum atomic E-state index is -1.27. The van der Waals surface area contributed by atoms with Crippen LogP contribution in [0.3, 0.4) is 0 Å². The van der Waals surface area contributed by atoms with Gasteiger partial charge < -0.3 is 25.5 Å².